The zero-order chi connectivity index (χ0) is 16.7. The molecule has 0 unspecified atom stereocenters. The number of hydrogen-bond acceptors (Lipinski definition) is 5. The van der Waals surface area contributed by atoms with Crippen LogP contribution in [0.2, 0.25) is 0 Å². The van der Waals surface area contributed by atoms with Gasteiger partial charge in [0.1, 0.15) is 10.7 Å². The second-order valence-electron chi connectivity index (χ2n) is 6.03. The number of hydrogen-bond donors (Lipinski definition) is 1. The largest absolute Gasteiger partial charge is 0.309 e. The van der Waals surface area contributed by atoms with Crippen molar-refractivity contribution in [1.82, 2.24) is 14.9 Å². The van der Waals surface area contributed by atoms with E-state index in [1.807, 2.05) is 13.8 Å². The molecule has 3 rings (SSSR count). The van der Waals surface area contributed by atoms with Gasteiger partial charge in [-0.15, -0.1) is 22.7 Å². The number of fused-ring (bicyclic) bond motifs is 1. The lowest BCUT2D eigenvalue weighted by Gasteiger charge is -2.23. The molecule has 3 aromatic heterocycles. The van der Waals surface area contributed by atoms with Crippen LogP contribution in [0.1, 0.15) is 39.7 Å². The first kappa shape index (κ1) is 16.4. The van der Waals surface area contributed by atoms with Crippen LogP contribution < -0.4 is 5.56 Å². The second kappa shape index (κ2) is 6.19. The highest BCUT2D eigenvalue weighted by Crippen LogP contribution is 2.28. The van der Waals surface area contributed by atoms with Crippen LogP contribution in [0.25, 0.3) is 10.2 Å². The van der Waals surface area contributed by atoms with Gasteiger partial charge in [0.15, 0.2) is 0 Å². The summed E-state index contributed by atoms with van der Waals surface area (Å²) in [4.78, 5) is 25.7. The first-order valence-electron chi connectivity index (χ1n) is 7.61. The maximum atomic E-state index is 12.4. The topological polar surface area (TPSA) is 49.0 Å². The molecule has 6 heteroatoms. The van der Waals surface area contributed by atoms with Crippen molar-refractivity contribution in [1.29, 1.82) is 0 Å². The van der Waals surface area contributed by atoms with Crippen molar-refractivity contribution in [3.8, 4) is 0 Å². The maximum absolute atomic E-state index is 12.4. The van der Waals surface area contributed by atoms with E-state index in [0.717, 1.165) is 33.0 Å². The highest BCUT2D eigenvalue weighted by Gasteiger charge is 2.19. The van der Waals surface area contributed by atoms with E-state index < -0.39 is 0 Å². The Morgan fingerprint density at radius 3 is 2.74 bits per heavy atom. The lowest BCUT2D eigenvalue weighted by molar-refractivity contribution is 0.245. The van der Waals surface area contributed by atoms with Gasteiger partial charge < -0.3 is 4.98 Å². The Kier molecular flexibility index (Phi) is 4.40. The highest BCUT2D eigenvalue weighted by molar-refractivity contribution is 7.18. The summed E-state index contributed by atoms with van der Waals surface area (Å²) in [5.74, 6) is 0.737. The SMILES string of the molecule is Cc1ccsc1CN(C)[C@H](C)c1nc2sc(C)c(C)c2c(=O)[nH]1. The molecular formula is C17H21N3OS2. The van der Waals surface area contributed by atoms with E-state index in [2.05, 4.69) is 42.2 Å². The molecule has 23 heavy (non-hydrogen) atoms. The molecule has 0 saturated carbocycles. The minimum absolute atomic E-state index is 0.0283. The molecule has 0 bridgehead atoms. The molecule has 0 aliphatic carbocycles. The van der Waals surface area contributed by atoms with Crippen LogP contribution in [0.15, 0.2) is 16.2 Å². The van der Waals surface area contributed by atoms with E-state index in [1.54, 1.807) is 22.7 Å². The molecule has 0 amide bonds. The van der Waals surface area contributed by atoms with Crippen molar-refractivity contribution in [2.24, 2.45) is 0 Å². The summed E-state index contributed by atoms with van der Waals surface area (Å²) in [6, 6.07) is 2.19. The van der Waals surface area contributed by atoms with E-state index in [4.69, 9.17) is 4.98 Å². The van der Waals surface area contributed by atoms with Crippen molar-refractivity contribution < 1.29 is 0 Å². The highest BCUT2D eigenvalue weighted by atomic mass is 32.1. The number of aromatic nitrogens is 2. The Hall–Kier alpha value is -1.50. The van der Waals surface area contributed by atoms with Crippen molar-refractivity contribution >= 4 is 32.9 Å². The van der Waals surface area contributed by atoms with Crippen LogP contribution in [0.5, 0.6) is 0 Å². The summed E-state index contributed by atoms with van der Waals surface area (Å²) in [6.07, 6.45) is 0. The molecule has 4 nitrogen and oxygen atoms in total. The molecule has 122 valence electrons. The number of aromatic amines is 1. The molecule has 0 radical (unpaired) electrons. The molecular weight excluding hydrogens is 326 g/mol. The normalized spacial score (nSPS) is 13.1. The minimum Gasteiger partial charge on any atom is -0.309 e. The molecule has 0 fully saturated rings. The van der Waals surface area contributed by atoms with Gasteiger partial charge in [-0.3, -0.25) is 9.69 Å². The first-order chi connectivity index (χ1) is 10.9. The average molecular weight is 348 g/mol. The van der Waals surface area contributed by atoms with Gasteiger partial charge in [0, 0.05) is 16.3 Å². The molecule has 1 N–H and O–H groups in total. The zero-order valence-electron chi connectivity index (χ0n) is 14.1. The van der Waals surface area contributed by atoms with Gasteiger partial charge in [0.05, 0.1) is 11.4 Å². The fourth-order valence-corrected chi connectivity index (χ4v) is 4.61. The number of thiophene rings is 2. The van der Waals surface area contributed by atoms with E-state index >= 15 is 0 Å². The van der Waals surface area contributed by atoms with Crippen molar-refractivity contribution in [3.63, 3.8) is 0 Å². The van der Waals surface area contributed by atoms with Gasteiger partial charge in [-0.2, -0.15) is 0 Å². The Bertz CT molecular complexity index is 906. The molecule has 3 heterocycles. The van der Waals surface area contributed by atoms with Crippen LogP contribution in [0.4, 0.5) is 0 Å². The van der Waals surface area contributed by atoms with Crippen molar-refractivity contribution in [3.05, 3.63) is 48.5 Å². The number of H-pyrrole nitrogens is 1. The zero-order valence-corrected chi connectivity index (χ0v) is 15.7. The quantitative estimate of drug-likeness (QED) is 0.771. The molecule has 0 aromatic carbocycles. The summed E-state index contributed by atoms with van der Waals surface area (Å²) >= 11 is 3.37. The Morgan fingerprint density at radius 1 is 1.35 bits per heavy atom. The maximum Gasteiger partial charge on any atom is 0.259 e. The number of nitrogens with zero attached hydrogens (tertiary/aromatic N) is 2. The van der Waals surface area contributed by atoms with Crippen LogP contribution in [-0.2, 0) is 6.54 Å². The fourth-order valence-electron chi connectivity index (χ4n) is 2.61. The second-order valence-corrected chi connectivity index (χ2v) is 8.24. The smallest absolute Gasteiger partial charge is 0.259 e. The first-order valence-corrected chi connectivity index (χ1v) is 9.31. The molecule has 0 aliphatic rings. The lowest BCUT2D eigenvalue weighted by Crippen LogP contribution is -2.25. The lowest BCUT2D eigenvalue weighted by atomic mass is 10.2. The molecule has 1 atom stereocenters. The van der Waals surface area contributed by atoms with Crippen LogP contribution in [0.3, 0.4) is 0 Å². The Labute approximate surface area is 143 Å². The molecule has 0 aliphatic heterocycles. The minimum atomic E-state index is -0.0283. The van der Waals surface area contributed by atoms with Crippen molar-refractivity contribution in [2.75, 3.05) is 7.05 Å². The number of rotatable bonds is 4. The summed E-state index contributed by atoms with van der Waals surface area (Å²) in [5.41, 5.74) is 2.33. The predicted molar refractivity (Wildman–Crippen MR) is 98.7 cm³/mol. The third-order valence-electron chi connectivity index (χ3n) is 4.48. The van der Waals surface area contributed by atoms with Gasteiger partial charge in [-0.05, 0) is 57.3 Å². The van der Waals surface area contributed by atoms with E-state index in [-0.39, 0.29) is 11.6 Å². The fraction of sp³-hybridized carbons (Fsp3) is 0.412. The van der Waals surface area contributed by atoms with Crippen molar-refractivity contribution in [2.45, 2.75) is 40.3 Å². The Balaban J connectivity index is 1.93. The van der Waals surface area contributed by atoms with E-state index in [0.29, 0.717) is 0 Å². The number of aryl methyl sites for hydroxylation is 3. The van der Waals surface area contributed by atoms with Gasteiger partial charge in [-0.25, -0.2) is 4.98 Å². The van der Waals surface area contributed by atoms with Gasteiger partial charge in [0.25, 0.3) is 5.56 Å². The third-order valence-corrected chi connectivity index (χ3v) is 6.58. The van der Waals surface area contributed by atoms with Crippen LogP contribution in [-0.4, -0.2) is 21.9 Å². The summed E-state index contributed by atoms with van der Waals surface area (Å²) in [5, 5.41) is 2.85. The van der Waals surface area contributed by atoms with Crippen LogP contribution >= 0.6 is 22.7 Å². The molecule has 0 spiro atoms. The predicted octanol–water partition coefficient (Wildman–Crippen LogP) is 4.16. The summed E-state index contributed by atoms with van der Waals surface area (Å²) < 4.78 is 0. The van der Waals surface area contributed by atoms with Gasteiger partial charge in [0.2, 0.25) is 0 Å². The molecule has 3 aromatic rings. The summed E-state index contributed by atoms with van der Waals surface area (Å²) in [6.45, 7) is 9.10. The monoisotopic (exact) mass is 347 g/mol. The number of nitrogens with one attached hydrogen (secondary N) is 1. The summed E-state index contributed by atoms with van der Waals surface area (Å²) in [7, 11) is 2.07. The third kappa shape index (κ3) is 2.98. The van der Waals surface area contributed by atoms with Gasteiger partial charge >= 0.3 is 0 Å². The van der Waals surface area contributed by atoms with E-state index in [1.165, 1.54) is 10.4 Å². The average Bonchev–Trinajstić information content (AvgIpc) is 3.02. The van der Waals surface area contributed by atoms with E-state index in [9.17, 15) is 4.79 Å². The standard InChI is InChI=1S/C17H21N3OS2/c1-9-6-7-22-13(9)8-20(5)11(3)15-18-16(21)14-10(2)12(4)23-17(14)19-15/h6-7,11H,8H2,1-5H3,(H,18,19,21)/t11-/m1/s1. The molecule has 0 saturated heterocycles. The van der Waals surface area contributed by atoms with Gasteiger partial charge in [-0.1, -0.05) is 0 Å². The Morgan fingerprint density at radius 2 is 2.09 bits per heavy atom. The van der Waals surface area contributed by atoms with Crippen LogP contribution in [0, 0.1) is 20.8 Å².